The molecule has 0 aliphatic heterocycles. The second-order valence-corrected chi connectivity index (χ2v) is 4.04. The molecule has 1 N–H and O–H groups in total. The van der Waals surface area contributed by atoms with E-state index < -0.39 is 0 Å². The van der Waals surface area contributed by atoms with E-state index in [9.17, 15) is 4.39 Å². The summed E-state index contributed by atoms with van der Waals surface area (Å²) in [6.07, 6.45) is 2.42. The molecule has 0 radical (unpaired) electrons. The van der Waals surface area contributed by atoms with E-state index in [0.717, 1.165) is 18.7 Å². The Hall–Kier alpha value is -0.960. The Bertz CT molecular complexity index is 284. The van der Waals surface area contributed by atoms with Crippen LogP contribution < -0.4 is 5.32 Å². The number of nitrogens with one attached hydrogen (secondary N) is 1. The molecule has 2 atom stereocenters. The zero-order valence-corrected chi connectivity index (χ0v) is 9.63. The molecule has 0 amide bonds. The molecular formula is C12H19FN2. The summed E-state index contributed by atoms with van der Waals surface area (Å²) >= 11 is 0. The van der Waals surface area contributed by atoms with Crippen LogP contribution in [0.1, 0.15) is 38.9 Å². The molecule has 1 heterocycles. The van der Waals surface area contributed by atoms with E-state index in [4.69, 9.17) is 0 Å². The smallest absolute Gasteiger partial charge is 0.141 e. The van der Waals surface area contributed by atoms with Crippen LogP contribution in [-0.2, 0) is 0 Å². The van der Waals surface area contributed by atoms with Gasteiger partial charge in [-0.3, -0.25) is 4.98 Å². The van der Waals surface area contributed by atoms with Gasteiger partial charge in [-0.25, -0.2) is 4.39 Å². The van der Waals surface area contributed by atoms with E-state index in [1.807, 2.05) is 6.92 Å². The Morgan fingerprint density at radius 1 is 1.40 bits per heavy atom. The van der Waals surface area contributed by atoms with Crippen LogP contribution in [0.15, 0.2) is 18.3 Å². The standard InChI is InChI=1S/C12H19FN2/c1-4-9(2)7-14-10(3)12-6-5-11(13)8-15-12/h5-6,8-10,14H,4,7H2,1-3H3. The summed E-state index contributed by atoms with van der Waals surface area (Å²) in [6, 6.07) is 3.35. The molecule has 2 nitrogen and oxygen atoms in total. The zero-order valence-electron chi connectivity index (χ0n) is 9.63. The van der Waals surface area contributed by atoms with Crippen LogP contribution in [-0.4, -0.2) is 11.5 Å². The average molecular weight is 210 g/mol. The van der Waals surface area contributed by atoms with Crippen molar-refractivity contribution in [3.8, 4) is 0 Å². The van der Waals surface area contributed by atoms with Gasteiger partial charge in [-0.2, -0.15) is 0 Å². The first kappa shape index (κ1) is 12.1. The fourth-order valence-electron chi connectivity index (χ4n) is 1.27. The Morgan fingerprint density at radius 3 is 2.67 bits per heavy atom. The first-order valence-electron chi connectivity index (χ1n) is 5.48. The first-order valence-corrected chi connectivity index (χ1v) is 5.48. The van der Waals surface area contributed by atoms with Crippen LogP contribution in [0, 0.1) is 11.7 Å². The maximum Gasteiger partial charge on any atom is 0.141 e. The summed E-state index contributed by atoms with van der Waals surface area (Å²) < 4.78 is 12.6. The number of hydrogen-bond donors (Lipinski definition) is 1. The van der Waals surface area contributed by atoms with Crippen LogP contribution in [0.2, 0.25) is 0 Å². The van der Waals surface area contributed by atoms with Gasteiger partial charge in [0.2, 0.25) is 0 Å². The number of nitrogens with zero attached hydrogens (tertiary/aromatic N) is 1. The largest absolute Gasteiger partial charge is 0.309 e. The second-order valence-electron chi connectivity index (χ2n) is 4.04. The summed E-state index contributed by atoms with van der Waals surface area (Å²) in [5, 5.41) is 3.38. The Labute approximate surface area is 90.9 Å². The van der Waals surface area contributed by atoms with E-state index in [-0.39, 0.29) is 11.9 Å². The predicted octanol–water partition coefficient (Wildman–Crippen LogP) is 2.92. The van der Waals surface area contributed by atoms with Crippen molar-refractivity contribution < 1.29 is 4.39 Å². The highest BCUT2D eigenvalue weighted by Gasteiger charge is 2.07. The fraction of sp³-hybridized carbons (Fsp3) is 0.583. The minimum Gasteiger partial charge on any atom is -0.309 e. The lowest BCUT2D eigenvalue weighted by Crippen LogP contribution is -2.24. The number of aromatic nitrogens is 1. The SMILES string of the molecule is CCC(C)CNC(C)c1ccc(F)cn1. The molecule has 1 aromatic rings. The van der Waals surface area contributed by atoms with Gasteiger partial charge in [0.1, 0.15) is 5.82 Å². The molecule has 0 spiro atoms. The molecule has 0 bridgehead atoms. The van der Waals surface area contributed by atoms with Crippen molar-refractivity contribution in [2.45, 2.75) is 33.2 Å². The van der Waals surface area contributed by atoms with Crippen LogP contribution in [0.5, 0.6) is 0 Å². The first-order chi connectivity index (χ1) is 7.13. The summed E-state index contributed by atoms with van der Waals surface area (Å²) in [7, 11) is 0. The van der Waals surface area contributed by atoms with E-state index in [2.05, 4.69) is 24.1 Å². The van der Waals surface area contributed by atoms with Gasteiger partial charge in [0.15, 0.2) is 0 Å². The van der Waals surface area contributed by atoms with E-state index in [1.165, 1.54) is 12.3 Å². The van der Waals surface area contributed by atoms with Crippen molar-refractivity contribution in [1.29, 1.82) is 0 Å². The lowest BCUT2D eigenvalue weighted by Gasteiger charge is -2.16. The lowest BCUT2D eigenvalue weighted by molar-refractivity contribution is 0.455. The van der Waals surface area contributed by atoms with Crippen molar-refractivity contribution >= 4 is 0 Å². The number of halogens is 1. The van der Waals surface area contributed by atoms with Gasteiger partial charge in [0, 0.05) is 6.04 Å². The molecule has 84 valence electrons. The summed E-state index contributed by atoms with van der Waals surface area (Å²) in [6.45, 7) is 7.39. The molecule has 2 unspecified atom stereocenters. The minimum atomic E-state index is -0.284. The topological polar surface area (TPSA) is 24.9 Å². The predicted molar refractivity (Wildman–Crippen MR) is 60.1 cm³/mol. The maximum atomic E-state index is 12.6. The highest BCUT2D eigenvalue weighted by atomic mass is 19.1. The monoisotopic (exact) mass is 210 g/mol. The van der Waals surface area contributed by atoms with Gasteiger partial charge in [-0.15, -0.1) is 0 Å². The Kier molecular flexibility index (Phi) is 4.69. The minimum absolute atomic E-state index is 0.180. The number of rotatable bonds is 5. The molecule has 0 saturated carbocycles. The third kappa shape index (κ3) is 3.96. The molecule has 0 aliphatic rings. The highest BCUT2D eigenvalue weighted by Crippen LogP contribution is 2.10. The molecular weight excluding hydrogens is 191 g/mol. The molecule has 3 heteroatoms. The molecule has 0 aliphatic carbocycles. The molecule has 1 aromatic heterocycles. The molecule has 0 aromatic carbocycles. The quantitative estimate of drug-likeness (QED) is 0.808. The van der Waals surface area contributed by atoms with Crippen LogP contribution in [0.3, 0.4) is 0 Å². The van der Waals surface area contributed by atoms with Gasteiger partial charge in [-0.1, -0.05) is 20.3 Å². The van der Waals surface area contributed by atoms with Crippen molar-refractivity contribution in [2.24, 2.45) is 5.92 Å². The van der Waals surface area contributed by atoms with Gasteiger partial charge >= 0.3 is 0 Å². The third-order valence-corrected chi connectivity index (χ3v) is 2.66. The lowest BCUT2D eigenvalue weighted by atomic mass is 10.1. The Balaban J connectivity index is 2.46. The van der Waals surface area contributed by atoms with Crippen molar-refractivity contribution in [2.75, 3.05) is 6.54 Å². The Morgan fingerprint density at radius 2 is 2.13 bits per heavy atom. The van der Waals surface area contributed by atoms with Crippen LogP contribution in [0.25, 0.3) is 0 Å². The van der Waals surface area contributed by atoms with E-state index in [0.29, 0.717) is 5.92 Å². The van der Waals surface area contributed by atoms with Gasteiger partial charge in [0.25, 0.3) is 0 Å². The fourth-order valence-corrected chi connectivity index (χ4v) is 1.27. The summed E-state index contributed by atoms with van der Waals surface area (Å²) in [5.74, 6) is 0.376. The van der Waals surface area contributed by atoms with Crippen molar-refractivity contribution in [3.63, 3.8) is 0 Å². The van der Waals surface area contributed by atoms with Crippen molar-refractivity contribution in [1.82, 2.24) is 10.3 Å². The third-order valence-electron chi connectivity index (χ3n) is 2.66. The van der Waals surface area contributed by atoms with Gasteiger partial charge in [-0.05, 0) is 31.5 Å². The van der Waals surface area contributed by atoms with Crippen molar-refractivity contribution in [3.05, 3.63) is 29.8 Å². The second kappa shape index (κ2) is 5.81. The van der Waals surface area contributed by atoms with E-state index in [1.54, 1.807) is 6.07 Å². The number of pyridine rings is 1. The van der Waals surface area contributed by atoms with Gasteiger partial charge in [0.05, 0.1) is 11.9 Å². The molecule has 1 rings (SSSR count). The molecule has 0 saturated heterocycles. The highest BCUT2D eigenvalue weighted by molar-refractivity contribution is 5.08. The molecule has 15 heavy (non-hydrogen) atoms. The molecule has 0 fully saturated rings. The summed E-state index contributed by atoms with van der Waals surface area (Å²) in [4.78, 5) is 4.04. The summed E-state index contributed by atoms with van der Waals surface area (Å²) in [5.41, 5.74) is 0.889. The van der Waals surface area contributed by atoms with Gasteiger partial charge < -0.3 is 5.32 Å². The zero-order chi connectivity index (χ0) is 11.3. The van der Waals surface area contributed by atoms with E-state index >= 15 is 0 Å². The normalized spacial score (nSPS) is 14.9. The number of hydrogen-bond acceptors (Lipinski definition) is 2. The van der Waals surface area contributed by atoms with Crippen LogP contribution >= 0.6 is 0 Å². The van der Waals surface area contributed by atoms with Crippen LogP contribution in [0.4, 0.5) is 4.39 Å². The maximum absolute atomic E-state index is 12.6. The average Bonchev–Trinajstić information content (AvgIpc) is 2.26.